The van der Waals surface area contributed by atoms with Crippen LogP contribution in [-0.4, -0.2) is 9.55 Å². The molecule has 2 aromatic rings. The van der Waals surface area contributed by atoms with Crippen molar-refractivity contribution in [2.24, 2.45) is 0 Å². The van der Waals surface area contributed by atoms with Crippen LogP contribution in [0.4, 0.5) is 0 Å². The first-order valence-corrected chi connectivity index (χ1v) is 4.79. The zero-order valence-electron chi connectivity index (χ0n) is 8.86. The van der Waals surface area contributed by atoms with E-state index >= 15 is 0 Å². The van der Waals surface area contributed by atoms with Crippen LogP contribution in [-0.2, 0) is 0 Å². The number of rotatable bonds is 1. The van der Waals surface area contributed by atoms with Crippen LogP contribution in [0.15, 0.2) is 30.6 Å². The molecule has 0 aliphatic heterocycles. The van der Waals surface area contributed by atoms with E-state index < -0.39 is 0 Å². The molecular formula is C13H12N2. The minimum Gasteiger partial charge on any atom is -0.317 e. The van der Waals surface area contributed by atoms with Gasteiger partial charge in [-0.05, 0) is 32.0 Å². The number of hydrogen-bond donors (Lipinski definition) is 0. The fourth-order valence-electron chi connectivity index (χ4n) is 1.70. The molecule has 2 heteroatoms. The maximum Gasteiger partial charge on any atom is 0.0650 e. The van der Waals surface area contributed by atoms with Crippen LogP contribution >= 0.6 is 0 Å². The van der Waals surface area contributed by atoms with Crippen molar-refractivity contribution in [2.75, 3.05) is 0 Å². The molecule has 0 fully saturated rings. The van der Waals surface area contributed by atoms with E-state index in [-0.39, 0.29) is 0 Å². The molecule has 0 aliphatic rings. The van der Waals surface area contributed by atoms with Crippen molar-refractivity contribution in [1.29, 1.82) is 0 Å². The zero-order valence-corrected chi connectivity index (χ0v) is 8.86. The van der Waals surface area contributed by atoms with Gasteiger partial charge in [0.2, 0.25) is 0 Å². The van der Waals surface area contributed by atoms with Crippen LogP contribution in [0.2, 0.25) is 0 Å². The van der Waals surface area contributed by atoms with Gasteiger partial charge in [0, 0.05) is 23.1 Å². The number of nitrogens with zero attached hydrogens (tertiary/aromatic N) is 2. The maximum absolute atomic E-state index is 5.35. The van der Waals surface area contributed by atoms with Crippen molar-refractivity contribution < 1.29 is 0 Å². The van der Waals surface area contributed by atoms with E-state index in [1.165, 1.54) is 11.4 Å². The Bertz CT molecular complexity index is 510. The van der Waals surface area contributed by atoms with Gasteiger partial charge < -0.3 is 4.57 Å². The van der Waals surface area contributed by atoms with E-state index in [9.17, 15) is 0 Å². The lowest BCUT2D eigenvalue weighted by Crippen LogP contribution is -1.99. The van der Waals surface area contributed by atoms with Gasteiger partial charge in [0.1, 0.15) is 0 Å². The van der Waals surface area contributed by atoms with E-state index in [2.05, 4.69) is 41.5 Å². The molecule has 0 saturated carbocycles. The summed E-state index contributed by atoms with van der Waals surface area (Å²) in [6, 6.07) is 6.13. The van der Waals surface area contributed by atoms with Crippen molar-refractivity contribution in [3.63, 3.8) is 0 Å². The normalized spacial score (nSPS) is 9.93. The van der Waals surface area contributed by atoms with E-state index in [4.69, 9.17) is 6.42 Å². The van der Waals surface area contributed by atoms with E-state index in [0.717, 1.165) is 11.3 Å². The third kappa shape index (κ3) is 1.64. The van der Waals surface area contributed by atoms with Crippen LogP contribution in [0.25, 0.3) is 5.69 Å². The molecule has 0 aromatic carbocycles. The standard InChI is InChI=1S/C13H12N2/c1-4-12-7-13(9-14-8-12)15-10(2)5-6-11(15)3/h1,5-9H,2-3H3. The Morgan fingerprint density at radius 3 is 2.47 bits per heavy atom. The van der Waals surface area contributed by atoms with Gasteiger partial charge in [-0.1, -0.05) is 5.92 Å². The van der Waals surface area contributed by atoms with Crippen LogP contribution in [0, 0.1) is 26.2 Å². The second-order valence-corrected chi connectivity index (χ2v) is 3.53. The predicted octanol–water partition coefficient (Wildman–Crippen LogP) is 2.47. The van der Waals surface area contributed by atoms with Crippen molar-refractivity contribution in [3.05, 3.63) is 47.5 Å². The predicted molar refractivity (Wildman–Crippen MR) is 61.0 cm³/mol. The summed E-state index contributed by atoms with van der Waals surface area (Å²) in [5.74, 6) is 2.59. The lowest BCUT2D eigenvalue weighted by molar-refractivity contribution is 0.955. The lowest BCUT2D eigenvalue weighted by Gasteiger charge is -2.08. The Labute approximate surface area is 89.6 Å². The number of terminal acetylenes is 1. The highest BCUT2D eigenvalue weighted by Crippen LogP contribution is 2.15. The Kier molecular flexibility index (Phi) is 2.31. The third-order valence-electron chi connectivity index (χ3n) is 2.42. The van der Waals surface area contributed by atoms with E-state index in [1.54, 1.807) is 6.20 Å². The largest absolute Gasteiger partial charge is 0.317 e. The third-order valence-corrected chi connectivity index (χ3v) is 2.42. The highest BCUT2D eigenvalue weighted by Gasteiger charge is 2.03. The van der Waals surface area contributed by atoms with Gasteiger partial charge in [0.15, 0.2) is 0 Å². The molecular weight excluding hydrogens is 184 g/mol. The Morgan fingerprint density at radius 2 is 1.87 bits per heavy atom. The van der Waals surface area contributed by atoms with Crippen molar-refractivity contribution in [2.45, 2.75) is 13.8 Å². The molecule has 74 valence electrons. The number of aromatic nitrogens is 2. The topological polar surface area (TPSA) is 17.8 Å². The summed E-state index contributed by atoms with van der Waals surface area (Å²) in [6.45, 7) is 4.13. The molecule has 2 nitrogen and oxygen atoms in total. The minimum atomic E-state index is 0.806. The molecule has 2 aromatic heterocycles. The number of pyridine rings is 1. The van der Waals surface area contributed by atoms with Gasteiger partial charge in [-0.15, -0.1) is 6.42 Å². The van der Waals surface area contributed by atoms with Crippen molar-refractivity contribution in [3.8, 4) is 18.0 Å². The summed E-state index contributed by atoms with van der Waals surface area (Å²) in [4.78, 5) is 4.13. The van der Waals surface area contributed by atoms with Gasteiger partial charge in [-0.3, -0.25) is 4.98 Å². The average Bonchev–Trinajstić information content (AvgIpc) is 2.59. The lowest BCUT2D eigenvalue weighted by atomic mass is 10.2. The number of hydrogen-bond acceptors (Lipinski definition) is 1. The summed E-state index contributed by atoms with van der Waals surface area (Å²) >= 11 is 0. The van der Waals surface area contributed by atoms with Crippen LogP contribution < -0.4 is 0 Å². The van der Waals surface area contributed by atoms with Crippen molar-refractivity contribution in [1.82, 2.24) is 9.55 Å². The van der Waals surface area contributed by atoms with Gasteiger partial charge >= 0.3 is 0 Å². The highest BCUT2D eigenvalue weighted by atomic mass is 15.0. The molecule has 0 spiro atoms. The average molecular weight is 196 g/mol. The smallest absolute Gasteiger partial charge is 0.0650 e. The summed E-state index contributed by atoms with van der Waals surface area (Å²) in [5, 5.41) is 0. The molecule has 0 N–H and O–H groups in total. The SMILES string of the molecule is C#Cc1cncc(-n2c(C)ccc2C)c1. The highest BCUT2D eigenvalue weighted by molar-refractivity contribution is 5.42. The van der Waals surface area contributed by atoms with Gasteiger partial charge in [0.05, 0.1) is 11.9 Å². The fourth-order valence-corrected chi connectivity index (χ4v) is 1.70. The molecule has 0 bridgehead atoms. The second-order valence-electron chi connectivity index (χ2n) is 3.53. The van der Waals surface area contributed by atoms with Gasteiger partial charge in [-0.25, -0.2) is 0 Å². The first-order chi connectivity index (χ1) is 7.22. The van der Waals surface area contributed by atoms with Gasteiger partial charge in [0.25, 0.3) is 0 Å². The molecule has 0 radical (unpaired) electrons. The minimum absolute atomic E-state index is 0.806. The molecule has 0 atom stereocenters. The van der Waals surface area contributed by atoms with Gasteiger partial charge in [-0.2, -0.15) is 0 Å². The molecule has 0 saturated heterocycles. The molecule has 2 rings (SSSR count). The van der Waals surface area contributed by atoms with Crippen LogP contribution in [0.3, 0.4) is 0 Å². The second kappa shape index (κ2) is 3.62. The Morgan fingerprint density at radius 1 is 1.20 bits per heavy atom. The summed E-state index contributed by atoms with van der Waals surface area (Å²) in [6.07, 6.45) is 8.86. The summed E-state index contributed by atoms with van der Waals surface area (Å²) < 4.78 is 2.13. The summed E-state index contributed by atoms with van der Waals surface area (Å²) in [5.41, 5.74) is 4.19. The zero-order chi connectivity index (χ0) is 10.8. The van der Waals surface area contributed by atoms with Crippen LogP contribution in [0.5, 0.6) is 0 Å². The molecule has 2 heterocycles. The van der Waals surface area contributed by atoms with Crippen molar-refractivity contribution >= 4 is 0 Å². The molecule has 0 amide bonds. The quantitative estimate of drug-likeness (QED) is 0.641. The molecule has 15 heavy (non-hydrogen) atoms. The molecule has 0 aliphatic carbocycles. The first-order valence-electron chi connectivity index (χ1n) is 4.79. The van der Waals surface area contributed by atoms with Crippen LogP contribution in [0.1, 0.15) is 17.0 Å². The monoisotopic (exact) mass is 196 g/mol. The molecule has 0 unspecified atom stereocenters. The number of aryl methyl sites for hydroxylation is 2. The van der Waals surface area contributed by atoms with E-state index in [1.807, 2.05) is 12.3 Å². The maximum atomic E-state index is 5.35. The summed E-state index contributed by atoms with van der Waals surface area (Å²) in [7, 11) is 0. The Hall–Kier alpha value is -2.01. The van der Waals surface area contributed by atoms with E-state index in [0.29, 0.717) is 0 Å². The Balaban J connectivity index is 2.60. The fraction of sp³-hybridized carbons (Fsp3) is 0.154. The first kappa shape index (κ1) is 9.54.